The number of aliphatic hydroxyl groups is 1. The van der Waals surface area contributed by atoms with Gasteiger partial charge in [-0.1, -0.05) is 154 Å². The zero-order chi connectivity index (χ0) is 28.1. The van der Waals surface area contributed by atoms with Gasteiger partial charge in [-0.2, -0.15) is 0 Å². The molecule has 1 unspecified atom stereocenters. The number of aliphatic hydroxyl groups excluding tert-OH is 1. The number of benzene rings is 1. The van der Waals surface area contributed by atoms with E-state index in [2.05, 4.69) is 13.8 Å². The molecule has 0 aliphatic heterocycles. The van der Waals surface area contributed by atoms with Gasteiger partial charge in [0.1, 0.15) is 0 Å². The first kappa shape index (κ1) is 36.1. The number of carboxylic acid groups (broad SMARTS) is 1. The number of carbonyl (C=O) groups is 2. The molecule has 0 saturated carbocycles. The van der Waals surface area contributed by atoms with Crippen molar-refractivity contribution in [3.63, 3.8) is 0 Å². The average molecular weight is 535 g/mol. The standard InChI is InChI=1S/C26H52O3.C7H6O2/c1-3-5-7-9-11-12-13-14-15-16-17-18-19-21-23-25(27)26(28)29-24-22-20-10-8-6-4-2;8-7(9)6-4-2-1-3-5-6/h25,27H,3-24H2,1-2H3;1-5H,(H,8,9). The van der Waals surface area contributed by atoms with Crippen molar-refractivity contribution in [1.29, 1.82) is 0 Å². The van der Waals surface area contributed by atoms with Crippen LogP contribution in [0.1, 0.15) is 159 Å². The molecule has 0 radical (unpaired) electrons. The van der Waals surface area contributed by atoms with Gasteiger partial charge in [-0.3, -0.25) is 0 Å². The molecule has 220 valence electrons. The lowest BCUT2D eigenvalue weighted by Crippen LogP contribution is -2.23. The summed E-state index contributed by atoms with van der Waals surface area (Å²) in [7, 11) is 0. The van der Waals surface area contributed by atoms with E-state index in [-0.39, 0.29) is 0 Å². The Morgan fingerprint density at radius 3 is 1.42 bits per heavy atom. The molecular weight excluding hydrogens is 476 g/mol. The first-order valence-electron chi connectivity index (χ1n) is 15.7. The normalized spacial score (nSPS) is 11.4. The topological polar surface area (TPSA) is 83.8 Å². The van der Waals surface area contributed by atoms with Crippen LogP contribution in [0, 0.1) is 0 Å². The molecule has 1 aromatic rings. The molecule has 0 aromatic heterocycles. The second-order valence-electron chi connectivity index (χ2n) is 10.5. The molecule has 0 bridgehead atoms. The highest BCUT2D eigenvalue weighted by atomic mass is 16.5. The fourth-order valence-electron chi connectivity index (χ4n) is 4.38. The van der Waals surface area contributed by atoms with Crippen LogP contribution < -0.4 is 0 Å². The van der Waals surface area contributed by atoms with E-state index >= 15 is 0 Å². The first-order chi connectivity index (χ1) is 18.5. The molecule has 1 aromatic carbocycles. The predicted octanol–water partition coefficient (Wildman–Crippen LogP) is 9.51. The summed E-state index contributed by atoms with van der Waals surface area (Å²) in [4.78, 5) is 22.0. The Morgan fingerprint density at radius 2 is 1.03 bits per heavy atom. The fourth-order valence-corrected chi connectivity index (χ4v) is 4.38. The summed E-state index contributed by atoms with van der Waals surface area (Å²) in [6, 6.07) is 8.30. The Balaban J connectivity index is 0.00000127. The summed E-state index contributed by atoms with van der Waals surface area (Å²) < 4.78 is 5.19. The van der Waals surface area contributed by atoms with Crippen molar-refractivity contribution in [3.8, 4) is 0 Å². The summed E-state index contributed by atoms with van der Waals surface area (Å²) in [5.41, 5.74) is 0.331. The lowest BCUT2D eigenvalue weighted by atomic mass is 10.0. The summed E-state index contributed by atoms with van der Waals surface area (Å²) in [5.74, 6) is -1.30. The molecule has 0 aliphatic rings. The lowest BCUT2D eigenvalue weighted by Gasteiger charge is -2.10. The van der Waals surface area contributed by atoms with E-state index < -0.39 is 18.0 Å². The minimum atomic E-state index is -0.924. The van der Waals surface area contributed by atoms with Crippen molar-refractivity contribution < 1.29 is 24.5 Å². The maximum atomic E-state index is 11.8. The van der Waals surface area contributed by atoms with Crippen molar-refractivity contribution in [2.45, 2.75) is 155 Å². The van der Waals surface area contributed by atoms with E-state index in [0.717, 1.165) is 25.7 Å². The molecule has 2 N–H and O–H groups in total. The summed E-state index contributed by atoms with van der Waals surface area (Å²) >= 11 is 0. The smallest absolute Gasteiger partial charge is 0.335 e. The van der Waals surface area contributed by atoms with Crippen molar-refractivity contribution in [2.24, 2.45) is 0 Å². The van der Waals surface area contributed by atoms with E-state index in [1.54, 1.807) is 30.3 Å². The molecule has 5 nitrogen and oxygen atoms in total. The molecule has 5 heteroatoms. The SMILES string of the molecule is CCCCCCCCCCCCCCCCC(O)C(=O)OCCCCCCCC.O=C(O)c1ccccc1. The van der Waals surface area contributed by atoms with E-state index in [1.165, 1.54) is 103 Å². The van der Waals surface area contributed by atoms with Gasteiger partial charge < -0.3 is 14.9 Å². The Labute approximate surface area is 233 Å². The zero-order valence-corrected chi connectivity index (χ0v) is 24.6. The highest BCUT2D eigenvalue weighted by molar-refractivity contribution is 5.87. The van der Waals surface area contributed by atoms with Gasteiger partial charge in [0.2, 0.25) is 0 Å². The number of rotatable bonds is 24. The van der Waals surface area contributed by atoms with Gasteiger partial charge in [-0.15, -0.1) is 0 Å². The van der Waals surface area contributed by atoms with Gasteiger partial charge in [0.25, 0.3) is 0 Å². The number of unbranched alkanes of at least 4 members (excludes halogenated alkanes) is 18. The number of carbonyl (C=O) groups excluding carboxylic acids is 1. The zero-order valence-electron chi connectivity index (χ0n) is 24.6. The Bertz CT molecular complexity index is 646. The Kier molecular flexibility index (Phi) is 26.7. The van der Waals surface area contributed by atoms with Gasteiger partial charge in [0, 0.05) is 0 Å². The van der Waals surface area contributed by atoms with Gasteiger partial charge >= 0.3 is 11.9 Å². The van der Waals surface area contributed by atoms with Crippen molar-refractivity contribution in [3.05, 3.63) is 35.9 Å². The molecule has 0 spiro atoms. The van der Waals surface area contributed by atoms with Crippen LogP contribution in [0.2, 0.25) is 0 Å². The molecular formula is C33H58O5. The van der Waals surface area contributed by atoms with Gasteiger partial charge in [-0.05, 0) is 25.0 Å². The maximum Gasteiger partial charge on any atom is 0.335 e. The van der Waals surface area contributed by atoms with E-state index in [4.69, 9.17) is 9.84 Å². The van der Waals surface area contributed by atoms with E-state index in [9.17, 15) is 14.7 Å². The fraction of sp³-hybridized carbons (Fsp3) is 0.758. The highest BCUT2D eigenvalue weighted by Crippen LogP contribution is 2.14. The van der Waals surface area contributed by atoms with Crippen LogP contribution >= 0.6 is 0 Å². The Morgan fingerprint density at radius 1 is 0.632 bits per heavy atom. The van der Waals surface area contributed by atoms with Gasteiger partial charge in [0.15, 0.2) is 6.10 Å². The third kappa shape index (κ3) is 24.5. The van der Waals surface area contributed by atoms with Crippen molar-refractivity contribution in [2.75, 3.05) is 6.61 Å². The quantitative estimate of drug-likeness (QED) is 0.102. The molecule has 0 fully saturated rings. The van der Waals surface area contributed by atoms with Crippen molar-refractivity contribution in [1.82, 2.24) is 0 Å². The van der Waals surface area contributed by atoms with Crippen LogP contribution in [0.25, 0.3) is 0 Å². The molecule has 1 atom stereocenters. The van der Waals surface area contributed by atoms with E-state index in [0.29, 0.717) is 18.6 Å². The number of hydrogen-bond acceptors (Lipinski definition) is 4. The minimum absolute atomic E-state index is 0.331. The number of esters is 1. The molecule has 0 amide bonds. The monoisotopic (exact) mass is 534 g/mol. The Hall–Kier alpha value is -1.88. The molecule has 0 heterocycles. The highest BCUT2D eigenvalue weighted by Gasteiger charge is 2.15. The average Bonchev–Trinajstić information content (AvgIpc) is 2.93. The van der Waals surface area contributed by atoms with Crippen LogP contribution in [0.5, 0.6) is 0 Å². The van der Waals surface area contributed by atoms with Crippen LogP contribution in [-0.2, 0) is 9.53 Å². The van der Waals surface area contributed by atoms with Crippen LogP contribution in [-0.4, -0.2) is 34.9 Å². The number of hydrogen-bond donors (Lipinski definition) is 2. The minimum Gasteiger partial charge on any atom is -0.478 e. The van der Waals surface area contributed by atoms with Crippen LogP contribution in [0.15, 0.2) is 30.3 Å². The first-order valence-corrected chi connectivity index (χ1v) is 15.7. The number of carboxylic acids is 1. The van der Waals surface area contributed by atoms with Crippen LogP contribution in [0.4, 0.5) is 0 Å². The van der Waals surface area contributed by atoms with Crippen molar-refractivity contribution >= 4 is 11.9 Å². The summed E-state index contributed by atoms with van der Waals surface area (Å²) in [6.45, 7) is 4.94. The van der Waals surface area contributed by atoms with Gasteiger partial charge in [-0.25, -0.2) is 9.59 Å². The second kappa shape index (κ2) is 28.1. The maximum absolute atomic E-state index is 11.8. The number of aromatic carboxylic acids is 1. The molecule has 0 aliphatic carbocycles. The molecule has 1 rings (SSSR count). The second-order valence-corrected chi connectivity index (χ2v) is 10.5. The largest absolute Gasteiger partial charge is 0.478 e. The molecule has 0 saturated heterocycles. The summed E-state index contributed by atoms with van der Waals surface area (Å²) in [5, 5.41) is 18.3. The third-order valence-corrected chi connectivity index (χ3v) is 6.87. The summed E-state index contributed by atoms with van der Waals surface area (Å²) in [6.07, 6.45) is 25.1. The van der Waals surface area contributed by atoms with E-state index in [1.807, 2.05) is 0 Å². The van der Waals surface area contributed by atoms with Gasteiger partial charge in [0.05, 0.1) is 12.2 Å². The van der Waals surface area contributed by atoms with Crippen LogP contribution in [0.3, 0.4) is 0 Å². The number of ether oxygens (including phenoxy) is 1. The predicted molar refractivity (Wildman–Crippen MR) is 159 cm³/mol. The molecule has 38 heavy (non-hydrogen) atoms. The third-order valence-electron chi connectivity index (χ3n) is 6.87. The lowest BCUT2D eigenvalue weighted by molar-refractivity contribution is -0.154.